The number of methoxy groups -OCH3 is 1. The van der Waals surface area contributed by atoms with Gasteiger partial charge in [-0.25, -0.2) is 9.37 Å². The van der Waals surface area contributed by atoms with Gasteiger partial charge >= 0.3 is 0 Å². The van der Waals surface area contributed by atoms with Crippen molar-refractivity contribution in [1.29, 1.82) is 0 Å². The van der Waals surface area contributed by atoms with Crippen molar-refractivity contribution in [1.82, 2.24) is 9.97 Å². The molecule has 0 fully saturated rings. The number of nitrogens with zero attached hydrogens (tertiary/aromatic N) is 1. The lowest BCUT2D eigenvalue weighted by Gasteiger charge is -2.24. The number of aromatic nitrogens is 2. The molecule has 1 aromatic heterocycles. The molecule has 0 radical (unpaired) electrons. The van der Waals surface area contributed by atoms with Gasteiger partial charge in [-0.05, 0) is 31.5 Å². The first-order chi connectivity index (χ1) is 9.43. The first-order valence-electron chi connectivity index (χ1n) is 6.29. The second kappa shape index (κ2) is 5.54. The third kappa shape index (κ3) is 2.93. The molecule has 1 heterocycles. The molecule has 0 bridgehead atoms. The van der Waals surface area contributed by atoms with Crippen LogP contribution in [0.5, 0.6) is 0 Å². The second-order valence-corrected chi connectivity index (χ2v) is 5.15. The number of halogens is 1. The summed E-state index contributed by atoms with van der Waals surface area (Å²) in [6.45, 7) is 4.13. The number of rotatable bonds is 4. The highest BCUT2D eigenvalue weighted by Crippen LogP contribution is 2.28. The van der Waals surface area contributed by atoms with Crippen molar-refractivity contribution in [2.75, 3.05) is 7.11 Å². The summed E-state index contributed by atoms with van der Waals surface area (Å²) in [5.74, 6) is 0.239. The summed E-state index contributed by atoms with van der Waals surface area (Å²) in [5.41, 5.74) is 0.687. The van der Waals surface area contributed by atoms with Gasteiger partial charge in [0, 0.05) is 18.6 Å². The fourth-order valence-electron chi connectivity index (χ4n) is 2.03. The van der Waals surface area contributed by atoms with Crippen LogP contribution in [0.25, 0.3) is 0 Å². The average molecular weight is 276 g/mol. The highest BCUT2D eigenvalue weighted by molar-refractivity contribution is 5.31. The third-order valence-electron chi connectivity index (χ3n) is 3.24. The van der Waals surface area contributed by atoms with Crippen molar-refractivity contribution in [3.8, 4) is 0 Å². The molecule has 0 aliphatic heterocycles. The van der Waals surface area contributed by atoms with Crippen molar-refractivity contribution in [3.05, 3.63) is 63.6 Å². The van der Waals surface area contributed by atoms with E-state index in [1.807, 2.05) is 13.8 Å². The van der Waals surface area contributed by atoms with E-state index in [0.29, 0.717) is 11.5 Å². The monoisotopic (exact) mass is 276 g/mol. The Balaban J connectivity index is 2.47. The standard InChI is InChI=1S/C15H17FN2O2/c1-15(2,10-4-6-11(16)7-5-10)14-17-12(9-20-3)8-13(19)18-14/h4-8H,9H2,1-3H3,(H,17,18,19). The van der Waals surface area contributed by atoms with Crippen LogP contribution in [0.4, 0.5) is 4.39 Å². The molecule has 0 aliphatic carbocycles. The molecule has 0 unspecified atom stereocenters. The topological polar surface area (TPSA) is 55.0 Å². The summed E-state index contributed by atoms with van der Waals surface area (Å²) in [7, 11) is 1.55. The Kier molecular flexibility index (Phi) is 3.99. The average Bonchev–Trinajstić information content (AvgIpc) is 2.39. The van der Waals surface area contributed by atoms with Crippen LogP contribution in [0.1, 0.15) is 30.9 Å². The van der Waals surface area contributed by atoms with Gasteiger partial charge in [0.2, 0.25) is 0 Å². The molecular formula is C15H17FN2O2. The first-order valence-corrected chi connectivity index (χ1v) is 6.29. The number of benzene rings is 1. The number of H-pyrrole nitrogens is 1. The van der Waals surface area contributed by atoms with Crippen molar-refractivity contribution in [2.45, 2.75) is 25.9 Å². The highest BCUT2D eigenvalue weighted by atomic mass is 19.1. The van der Waals surface area contributed by atoms with Crippen LogP contribution in [-0.4, -0.2) is 17.1 Å². The molecular weight excluding hydrogens is 259 g/mol. The molecule has 2 rings (SSSR count). The SMILES string of the molecule is COCc1cc(=O)[nH]c(C(C)(C)c2ccc(F)cc2)n1. The van der Waals surface area contributed by atoms with Crippen LogP contribution in [0.2, 0.25) is 0 Å². The molecule has 106 valence electrons. The van der Waals surface area contributed by atoms with E-state index in [1.165, 1.54) is 18.2 Å². The minimum absolute atomic E-state index is 0.225. The molecule has 4 nitrogen and oxygen atoms in total. The summed E-state index contributed by atoms with van der Waals surface area (Å²) in [4.78, 5) is 18.9. The molecule has 0 spiro atoms. The largest absolute Gasteiger partial charge is 0.378 e. The Labute approximate surface area is 116 Å². The fourth-order valence-corrected chi connectivity index (χ4v) is 2.03. The molecule has 20 heavy (non-hydrogen) atoms. The van der Waals surface area contributed by atoms with Crippen molar-refractivity contribution >= 4 is 0 Å². The predicted octanol–water partition coefficient (Wildman–Crippen LogP) is 2.38. The summed E-state index contributed by atoms with van der Waals surface area (Å²) < 4.78 is 18.0. The number of hydrogen-bond donors (Lipinski definition) is 1. The first kappa shape index (κ1) is 14.4. The van der Waals surface area contributed by atoms with Crippen LogP contribution < -0.4 is 5.56 Å². The molecule has 0 saturated carbocycles. The van der Waals surface area contributed by atoms with E-state index in [1.54, 1.807) is 19.2 Å². The molecule has 0 saturated heterocycles. The van der Waals surface area contributed by atoms with Gasteiger partial charge in [-0.2, -0.15) is 0 Å². The quantitative estimate of drug-likeness (QED) is 0.932. The lowest BCUT2D eigenvalue weighted by Crippen LogP contribution is -2.27. The Morgan fingerprint density at radius 2 is 1.95 bits per heavy atom. The van der Waals surface area contributed by atoms with Gasteiger partial charge in [0.1, 0.15) is 11.6 Å². The summed E-state index contributed by atoms with van der Waals surface area (Å²) >= 11 is 0. The van der Waals surface area contributed by atoms with Crippen LogP contribution >= 0.6 is 0 Å². The van der Waals surface area contributed by atoms with Gasteiger partial charge < -0.3 is 9.72 Å². The summed E-state index contributed by atoms with van der Waals surface area (Å²) in [5, 5.41) is 0. The van der Waals surface area contributed by atoms with E-state index in [9.17, 15) is 9.18 Å². The van der Waals surface area contributed by atoms with Crippen molar-refractivity contribution < 1.29 is 9.13 Å². The lowest BCUT2D eigenvalue weighted by atomic mass is 9.83. The van der Waals surface area contributed by atoms with Crippen LogP contribution in [0.15, 0.2) is 35.1 Å². The Morgan fingerprint density at radius 3 is 2.55 bits per heavy atom. The van der Waals surface area contributed by atoms with Crippen LogP contribution in [-0.2, 0) is 16.8 Å². The highest BCUT2D eigenvalue weighted by Gasteiger charge is 2.26. The van der Waals surface area contributed by atoms with Gasteiger partial charge in [-0.3, -0.25) is 4.79 Å². The minimum atomic E-state index is -0.531. The Morgan fingerprint density at radius 1 is 1.30 bits per heavy atom. The smallest absolute Gasteiger partial charge is 0.251 e. The van der Waals surface area contributed by atoms with Gasteiger partial charge in [0.25, 0.3) is 5.56 Å². The number of ether oxygens (including phenoxy) is 1. The summed E-state index contributed by atoms with van der Waals surface area (Å²) in [6.07, 6.45) is 0. The molecule has 5 heteroatoms. The molecule has 1 aromatic carbocycles. The number of nitrogens with one attached hydrogen (secondary N) is 1. The molecule has 1 N–H and O–H groups in total. The van der Waals surface area contributed by atoms with E-state index in [4.69, 9.17) is 4.74 Å². The van der Waals surface area contributed by atoms with E-state index < -0.39 is 5.41 Å². The fraction of sp³-hybridized carbons (Fsp3) is 0.333. The Bertz CT molecular complexity index is 648. The summed E-state index contributed by atoms with van der Waals surface area (Å²) in [6, 6.07) is 7.59. The van der Waals surface area contributed by atoms with Gasteiger partial charge in [-0.15, -0.1) is 0 Å². The maximum atomic E-state index is 13.0. The second-order valence-electron chi connectivity index (χ2n) is 5.15. The third-order valence-corrected chi connectivity index (χ3v) is 3.24. The lowest BCUT2D eigenvalue weighted by molar-refractivity contribution is 0.181. The van der Waals surface area contributed by atoms with E-state index in [2.05, 4.69) is 9.97 Å². The molecule has 0 aliphatic rings. The van der Waals surface area contributed by atoms with Gasteiger partial charge in [0.05, 0.1) is 12.3 Å². The maximum Gasteiger partial charge on any atom is 0.251 e. The van der Waals surface area contributed by atoms with E-state index in [0.717, 1.165) is 5.56 Å². The Hall–Kier alpha value is -2.01. The predicted molar refractivity (Wildman–Crippen MR) is 74.1 cm³/mol. The molecule has 0 amide bonds. The normalized spacial score (nSPS) is 11.6. The van der Waals surface area contributed by atoms with Crippen molar-refractivity contribution in [2.24, 2.45) is 0 Å². The van der Waals surface area contributed by atoms with Gasteiger partial charge in [-0.1, -0.05) is 12.1 Å². The zero-order chi connectivity index (χ0) is 14.8. The number of hydrogen-bond acceptors (Lipinski definition) is 3. The van der Waals surface area contributed by atoms with E-state index in [-0.39, 0.29) is 18.0 Å². The molecule has 0 atom stereocenters. The zero-order valence-electron chi connectivity index (χ0n) is 11.7. The number of aromatic amines is 1. The molecule has 2 aromatic rings. The maximum absolute atomic E-state index is 13.0. The van der Waals surface area contributed by atoms with E-state index >= 15 is 0 Å². The van der Waals surface area contributed by atoms with Crippen molar-refractivity contribution in [3.63, 3.8) is 0 Å². The van der Waals surface area contributed by atoms with Crippen LogP contribution in [0.3, 0.4) is 0 Å². The minimum Gasteiger partial charge on any atom is -0.378 e. The zero-order valence-corrected chi connectivity index (χ0v) is 11.7. The van der Waals surface area contributed by atoms with Crippen LogP contribution in [0, 0.1) is 5.82 Å². The van der Waals surface area contributed by atoms with Gasteiger partial charge in [0.15, 0.2) is 0 Å².